The minimum Gasteiger partial charge on any atom is -0.462 e. The molecule has 0 saturated carbocycles. The Morgan fingerprint density at radius 2 is 0.520 bits per heavy atom. The summed E-state index contributed by atoms with van der Waals surface area (Å²) in [6, 6.07) is 0. The maximum Gasteiger partial charge on any atom is 0.306 e. The highest BCUT2D eigenvalue weighted by molar-refractivity contribution is 5.71. The SMILES string of the molecule is CC/C=C\C/C=C\C/C=C\C/C=C\C/C=C\C/C=C\C/C=C\CCCCCC(=O)OCC(COC(=O)CCCCCCC/C=C\CCCCCCCC)OC(=O)CCCCCCCCC/C=C\C/C=C\C/C=C\CC. The highest BCUT2D eigenvalue weighted by Gasteiger charge is 2.19. The summed E-state index contributed by atoms with van der Waals surface area (Å²) in [7, 11) is 0. The molecule has 6 nitrogen and oxygen atoms in total. The van der Waals surface area contributed by atoms with Gasteiger partial charge in [-0.3, -0.25) is 14.4 Å². The number of esters is 3. The van der Waals surface area contributed by atoms with Crippen molar-refractivity contribution in [2.24, 2.45) is 0 Å². The van der Waals surface area contributed by atoms with E-state index >= 15 is 0 Å². The molecule has 0 amide bonds. The molecule has 0 aromatic rings. The van der Waals surface area contributed by atoms with Crippen LogP contribution in [0.4, 0.5) is 0 Å². The fourth-order valence-corrected chi connectivity index (χ4v) is 8.08. The van der Waals surface area contributed by atoms with Crippen LogP contribution in [0.1, 0.15) is 265 Å². The van der Waals surface area contributed by atoms with Gasteiger partial charge in [0.15, 0.2) is 6.10 Å². The average molecular weight is 1040 g/mol. The molecule has 1 unspecified atom stereocenters. The highest BCUT2D eigenvalue weighted by atomic mass is 16.6. The molecular weight excluding hydrogens is 925 g/mol. The van der Waals surface area contributed by atoms with Crippen molar-refractivity contribution in [2.45, 2.75) is 271 Å². The Balaban J connectivity index is 4.47. The van der Waals surface area contributed by atoms with E-state index in [2.05, 4.69) is 154 Å². The Labute approximate surface area is 462 Å². The lowest BCUT2D eigenvalue weighted by Gasteiger charge is -2.18. The van der Waals surface area contributed by atoms with Crippen LogP contribution in [0, 0.1) is 0 Å². The minimum atomic E-state index is -0.807. The summed E-state index contributed by atoms with van der Waals surface area (Å²) in [5.74, 6) is -0.953. The molecule has 0 spiro atoms. The summed E-state index contributed by atoms with van der Waals surface area (Å²) in [5, 5.41) is 0. The Morgan fingerprint density at radius 1 is 0.280 bits per heavy atom. The molecular formula is C69H112O6. The first-order chi connectivity index (χ1) is 37.0. The van der Waals surface area contributed by atoms with E-state index in [-0.39, 0.29) is 31.1 Å². The fraction of sp³-hybridized carbons (Fsp3) is 0.638. The molecule has 6 heteroatoms. The number of rotatable bonds is 54. The molecule has 424 valence electrons. The van der Waals surface area contributed by atoms with Gasteiger partial charge in [-0.2, -0.15) is 0 Å². The van der Waals surface area contributed by atoms with Crippen molar-refractivity contribution in [3.8, 4) is 0 Å². The van der Waals surface area contributed by atoms with Crippen LogP contribution in [0.25, 0.3) is 0 Å². The van der Waals surface area contributed by atoms with Crippen LogP contribution in [-0.4, -0.2) is 37.2 Å². The van der Waals surface area contributed by atoms with Gasteiger partial charge in [-0.15, -0.1) is 0 Å². The van der Waals surface area contributed by atoms with Crippen LogP contribution in [-0.2, 0) is 28.6 Å². The third kappa shape index (κ3) is 60.3. The minimum absolute atomic E-state index is 0.101. The van der Waals surface area contributed by atoms with E-state index in [1.165, 1.54) is 77.0 Å². The largest absolute Gasteiger partial charge is 0.462 e. The lowest BCUT2D eigenvalue weighted by molar-refractivity contribution is -0.167. The predicted molar refractivity (Wildman–Crippen MR) is 325 cm³/mol. The van der Waals surface area contributed by atoms with Crippen LogP contribution < -0.4 is 0 Å². The molecule has 0 radical (unpaired) electrons. The zero-order chi connectivity index (χ0) is 54.3. The number of unbranched alkanes of at least 4 members (excludes halogenated alkanes) is 21. The zero-order valence-electron chi connectivity index (χ0n) is 48.5. The molecule has 0 rings (SSSR count). The van der Waals surface area contributed by atoms with Crippen LogP contribution >= 0.6 is 0 Å². The maximum atomic E-state index is 12.9. The third-order valence-corrected chi connectivity index (χ3v) is 12.6. The topological polar surface area (TPSA) is 78.9 Å². The molecule has 0 aliphatic heterocycles. The summed E-state index contributed by atoms with van der Waals surface area (Å²) >= 11 is 0. The van der Waals surface area contributed by atoms with Gasteiger partial charge in [0.2, 0.25) is 0 Å². The van der Waals surface area contributed by atoms with Gasteiger partial charge in [0, 0.05) is 19.3 Å². The van der Waals surface area contributed by atoms with E-state index in [1.807, 2.05) is 0 Å². The molecule has 0 bridgehead atoms. The fourth-order valence-electron chi connectivity index (χ4n) is 8.08. The number of ether oxygens (including phenoxy) is 3. The van der Waals surface area contributed by atoms with Gasteiger partial charge in [0.25, 0.3) is 0 Å². The maximum absolute atomic E-state index is 12.9. The van der Waals surface area contributed by atoms with E-state index in [9.17, 15) is 14.4 Å². The second kappa shape index (κ2) is 62.1. The lowest BCUT2D eigenvalue weighted by atomic mass is 10.1. The van der Waals surface area contributed by atoms with Crippen molar-refractivity contribution in [3.63, 3.8) is 0 Å². The molecule has 0 aliphatic rings. The molecule has 75 heavy (non-hydrogen) atoms. The van der Waals surface area contributed by atoms with Crippen molar-refractivity contribution in [1.82, 2.24) is 0 Å². The van der Waals surface area contributed by atoms with Crippen LogP contribution in [0.5, 0.6) is 0 Å². The number of hydrogen-bond acceptors (Lipinski definition) is 6. The van der Waals surface area contributed by atoms with Crippen LogP contribution in [0.3, 0.4) is 0 Å². The molecule has 0 N–H and O–H groups in total. The summed E-state index contributed by atoms with van der Waals surface area (Å²) in [4.78, 5) is 38.3. The van der Waals surface area contributed by atoms with Gasteiger partial charge >= 0.3 is 17.9 Å². The smallest absolute Gasteiger partial charge is 0.306 e. The van der Waals surface area contributed by atoms with Gasteiger partial charge in [-0.25, -0.2) is 0 Å². The van der Waals surface area contributed by atoms with Crippen molar-refractivity contribution in [2.75, 3.05) is 13.2 Å². The van der Waals surface area contributed by atoms with Gasteiger partial charge in [-0.05, 0) is 135 Å². The van der Waals surface area contributed by atoms with Crippen LogP contribution in [0.15, 0.2) is 134 Å². The Morgan fingerprint density at radius 3 is 0.840 bits per heavy atom. The van der Waals surface area contributed by atoms with Gasteiger partial charge in [0.05, 0.1) is 0 Å². The van der Waals surface area contributed by atoms with Crippen molar-refractivity contribution in [3.05, 3.63) is 134 Å². The number of carbonyl (C=O) groups excluding carboxylic acids is 3. The predicted octanol–water partition coefficient (Wildman–Crippen LogP) is 21.0. The molecule has 0 aromatic heterocycles. The van der Waals surface area contributed by atoms with E-state index in [4.69, 9.17) is 14.2 Å². The highest BCUT2D eigenvalue weighted by Crippen LogP contribution is 2.14. The number of carbonyl (C=O) groups is 3. The molecule has 0 saturated heterocycles. The number of hydrogen-bond donors (Lipinski definition) is 0. The van der Waals surface area contributed by atoms with E-state index in [1.54, 1.807) is 0 Å². The molecule has 0 heterocycles. The molecule has 0 fully saturated rings. The summed E-state index contributed by atoms with van der Waals surface area (Å²) in [6.07, 6.45) is 87.3. The first-order valence-corrected chi connectivity index (χ1v) is 30.7. The molecule has 0 aliphatic carbocycles. The first-order valence-electron chi connectivity index (χ1n) is 30.7. The Kier molecular flexibility index (Phi) is 58.4. The van der Waals surface area contributed by atoms with Crippen molar-refractivity contribution < 1.29 is 28.6 Å². The Bertz CT molecular complexity index is 1620. The first kappa shape index (κ1) is 70.5. The van der Waals surface area contributed by atoms with Crippen molar-refractivity contribution in [1.29, 1.82) is 0 Å². The number of allylic oxidation sites excluding steroid dienone is 22. The summed E-state index contributed by atoms with van der Waals surface area (Å²) in [6.45, 7) is 6.37. The van der Waals surface area contributed by atoms with Gasteiger partial charge in [-0.1, -0.05) is 244 Å². The molecule has 0 aromatic carbocycles. The lowest BCUT2D eigenvalue weighted by Crippen LogP contribution is -2.30. The van der Waals surface area contributed by atoms with E-state index < -0.39 is 6.10 Å². The van der Waals surface area contributed by atoms with Gasteiger partial charge < -0.3 is 14.2 Å². The summed E-state index contributed by atoms with van der Waals surface area (Å²) < 4.78 is 16.9. The van der Waals surface area contributed by atoms with E-state index in [0.29, 0.717) is 19.3 Å². The second-order valence-electron chi connectivity index (χ2n) is 19.8. The van der Waals surface area contributed by atoms with Crippen LogP contribution in [0.2, 0.25) is 0 Å². The normalized spacial score (nSPS) is 13.1. The summed E-state index contributed by atoms with van der Waals surface area (Å²) in [5.41, 5.74) is 0. The average Bonchev–Trinajstić information content (AvgIpc) is 3.41. The van der Waals surface area contributed by atoms with E-state index in [0.717, 1.165) is 148 Å². The second-order valence-corrected chi connectivity index (χ2v) is 19.8. The Hall–Kier alpha value is -4.45. The standard InChI is InChI=1S/C69H112O6/c1-4-7-10-13-16-19-22-25-28-30-31-32-33-34-35-36-37-39-41-44-47-50-53-56-59-62-68(71)74-65-66(64-73-67(70)61-58-55-52-49-46-43-40-27-24-21-18-15-12-9-6-3)75-69(72)63-60-57-54-51-48-45-42-38-29-26-23-20-17-14-11-8-5-2/h7-8,10-11,16-17,19-20,25-29,31-32,34-35,37,39-40,44,47,66H,4-6,9,12-15,18,21-24,30,33,36,38,41-43,45-46,48-65H2,1-3H3/b10-7-,11-8-,19-16-,20-17-,28-25-,29-26-,32-31-,35-34-,39-37-,40-27-,47-44-. The zero-order valence-corrected chi connectivity index (χ0v) is 48.5. The molecule has 1 atom stereocenters. The monoisotopic (exact) mass is 1040 g/mol. The van der Waals surface area contributed by atoms with Gasteiger partial charge in [0.1, 0.15) is 13.2 Å². The van der Waals surface area contributed by atoms with Crippen molar-refractivity contribution >= 4 is 17.9 Å². The third-order valence-electron chi connectivity index (χ3n) is 12.6. The quantitative estimate of drug-likeness (QED) is 0.0261.